The molecule has 0 radical (unpaired) electrons. The van der Waals surface area contributed by atoms with Gasteiger partial charge < -0.3 is 9.42 Å². The van der Waals surface area contributed by atoms with E-state index in [0.717, 1.165) is 18.4 Å². The summed E-state index contributed by atoms with van der Waals surface area (Å²) in [5.74, 6) is 0.585. The van der Waals surface area contributed by atoms with Crippen LogP contribution in [0.4, 0.5) is 0 Å². The van der Waals surface area contributed by atoms with Gasteiger partial charge in [-0.3, -0.25) is 4.79 Å². The quantitative estimate of drug-likeness (QED) is 0.829. The van der Waals surface area contributed by atoms with Crippen LogP contribution in [0.3, 0.4) is 0 Å². The minimum absolute atomic E-state index is 0.120. The number of nitrogens with zero attached hydrogens (tertiary/aromatic N) is 3. The third kappa shape index (κ3) is 4.43. The molecule has 1 atom stereocenters. The normalized spacial score (nSPS) is 17.8. The second-order valence-corrected chi connectivity index (χ2v) is 7.77. The molecule has 2 aromatic rings. The van der Waals surface area contributed by atoms with Crippen LogP contribution in [0.2, 0.25) is 0 Å². The van der Waals surface area contributed by atoms with Gasteiger partial charge in [-0.05, 0) is 19.3 Å². The average molecular weight is 364 g/mol. The van der Waals surface area contributed by atoms with Crippen molar-refractivity contribution in [3.63, 3.8) is 0 Å². The first-order valence-corrected chi connectivity index (χ1v) is 9.84. The SMILES string of the molecule is NS(=O)(=O)CCCC(=O)N1CCC[C@H]1c1nc(-c2ccccc2)no1. The number of aromatic nitrogens is 2. The Morgan fingerprint density at radius 2 is 2.08 bits per heavy atom. The van der Waals surface area contributed by atoms with Gasteiger partial charge in [0.25, 0.3) is 0 Å². The molecule has 1 aliphatic rings. The third-order valence-electron chi connectivity index (χ3n) is 4.15. The van der Waals surface area contributed by atoms with Gasteiger partial charge >= 0.3 is 0 Å². The maximum atomic E-state index is 12.4. The number of likely N-dealkylation sites (tertiary alicyclic amines) is 1. The first-order chi connectivity index (χ1) is 11.9. The van der Waals surface area contributed by atoms with Crippen molar-refractivity contribution in [1.82, 2.24) is 15.0 Å². The number of amides is 1. The van der Waals surface area contributed by atoms with Crippen LogP contribution < -0.4 is 5.14 Å². The summed E-state index contributed by atoms with van der Waals surface area (Å²) in [6, 6.07) is 9.21. The van der Waals surface area contributed by atoms with Crippen molar-refractivity contribution in [2.24, 2.45) is 5.14 Å². The number of sulfonamides is 1. The second kappa shape index (κ2) is 7.32. The molecule has 1 aromatic heterocycles. The van der Waals surface area contributed by atoms with E-state index in [9.17, 15) is 13.2 Å². The van der Waals surface area contributed by atoms with Crippen molar-refractivity contribution < 1.29 is 17.7 Å². The number of carbonyl (C=O) groups excluding carboxylic acids is 1. The van der Waals surface area contributed by atoms with Gasteiger partial charge in [-0.15, -0.1) is 0 Å². The lowest BCUT2D eigenvalue weighted by Gasteiger charge is -2.21. The van der Waals surface area contributed by atoms with Crippen LogP contribution in [0, 0.1) is 0 Å². The molecule has 1 amide bonds. The third-order valence-corrected chi connectivity index (χ3v) is 5.01. The molecule has 0 spiro atoms. The first kappa shape index (κ1) is 17.6. The second-order valence-electron chi connectivity index (χ2n) is 6.04. The molecule has 1 aromatic carbocycles. The van der Waals surface area contributed by atoms with Crippen molar-refractivity contribution in [1.29, 1.82) is 0 Å². The van der Waals surface area contributed by atoms with Crippen LogP contribution in [0.25, 0.3) is 11.4 Å². The van der Waals surface area contributed by atoms with Gasteiger partial charge in [-0.2, -0.15) is 4.98 Å². The zero-order chi connectivity index (χ0) is 17.9. The Bertz CT molecular complexity index is 835. The molecule has 2 heterocycles. The van der Waals surface area contributed by atoms with E-state index in [2.05, 4.69) is 10.1 Å². The molecular formula is C16H20N4O4S. The molecule has 1 aliphatic heterocycles. The zero-order valence-electron chi connectivity index (χ0n) is 13.7. The summed E-state index contributed by atoms with van der Waals surface area (Å²) in [6.07, 6.45) is 1.93. The summed E-state index contributed by atoms with van der Waals surface area (Å²) < 4.78 is 27.3. The van der Waals surface area contributed by atoms with Gasteiger partial charge in [0.15, 0.2) is 0 Å². The lowest BCUT2D eigenvalue weighted by molar-refractivity contribution is -0.132. The average Bonchev–Trinajstić information content (AvgIpc) is 3.23. The summed E-state index contributed by atoms with van der Waals surface area (Å²) in [7, 11) is -3.55. The molecule has 8 nitrogen and oxygen atoms in total. The molecule has 1 fully saturated rings. The van der Waals surface area contributed by atoms with E-state index < -0.39 is 10.0 Å². The summed E-state index contributed by atoms with van der Waals surface area (Å²) >= 11 is 0. The lowest BCUT2D eigenvalue weighted by atomic mass is 10.2. The maximum Gasteiger partial charge on any atom is 0.249 e. The van der Waals surface area contributed by atoms with E-state index in [1.54, 1.807) is 4.90 Å². The van der Waals surface area contributed by atoms with Crippen molar-refractivity contribution in [3.05, 3.63) is 36.2 Å². The zero-order valence-corrected chi connectivity index (χ0v) is 14.5. The maximum absolute atomic E-state index is 12.4. The Labute approximate surface area is 146 Å². The molecule has 0 aliphatic carbocycles. The Morgan fingerprint density at radius 3 is 2.80 bits per heavy atom. The van der Waals surface area contributed by atoms with Crippen LogP contribution in [-0.4, -0.2) is 41.7 Å². The van der Waals surface area contributed by atoms with Gasteiger partial charge in [-0.1, -0.05) is 35.5 Å². The van der Waals surface area contributed by atoms with Crippen molar-refractivity contribution in [2.75, 3.05) is 12.3 Å². The summed E-state index contributed by atoms with van der Waals surface area (Å²) in [5.41, 5.74) is 0.849. The highest BCUT2D eigenvalue weighted by Gasteiger charge is 2.33. The molecule has 9 heteroatoms. The monoisotopic (exact) mass is 364 g/mol. The van der Waals surface area contributed by atoms with Gasteiger partial charge in [0, 0.05) is 18.5 Å². The summed E-state index contributed by atoms with van der Waals surface area (Å²) in [6.45, 7) is 0.599. The fourth-order valence-corrected chi connectivity index (χ4v) is 3.51. The highest BCUT2D eigenvalue weighted by Crippen LogP contribution is 2.32. The van der Waals surface area contributed by atoms with Crippen LogP contribution >= 0.6 is 0 Å². The number of rotatable bonds is 6. The highest BCUT2D eigenvalue weighted by atomic mass is 32.2. The Morgan fingerprint density at radius 1 is 1.32 bits per heavy atom. The van der Waals surface area contributed by atoms with E-state index in [4.69, 9.17) is 9.66 Å². The molecule has 1 saturated heterocycles. The number of nitrogens with two attached hydrogens (primary N) is 1. The molecule has 0 bridgehead atoms. The molecular weight excluding hydrogens is 344 g/mol. The molecule has 0 unspecified atom stereocenters. The fraction of sp³-hybridized carbons (Fsp3) is 0.438. The van der Waals surface area contributed by atoms with Crippen LogP contribution in [-0.2, 0) is 14.8 Å². The first-order valence-electron chi connectivity index (χ1n) is 8.13. The van der Waals surface area contributed by atoms with E-state index in [1.807, 2.05) is 30.3 Å². The van der Waals surface area contributed by atoms with Crippen LogP contribution in [0.1, 0.15) is 37.6 Å². The minimum atomic E-state index is -3.55. The predicted molar refractivity (Wildman–Crippen MR) is 90.6 cm³/mol. The lowest BCUT2D eigenvalue weighted by Crippen LogP contribution is -2.31. The van der Waals surface area contributed by atoms with Gasteiger partial charge in [0.2, 0.25) is 27.6 Å². The predicted octanol–water partition coefficient (Wildman–Crippen LogP) is 1.47. The van der Waals surface area contributed by atoms with E-state index in [-0.39, 0.29) is 30.5 Å². The van der Waals surface area contributed by atoms with Crippen molar-refractivity contribution in [3.8, 4) is 11.4 Å². The smallest absolute Gasteiger partial charge is 0.249 e. The standard InChI is InChI=1S/C16H20N4O4S/c17-25(22,23)11-5-9-14(21)20-10-4-8-13(20)16-18-15(19-24-16)12-6-2-1-3-7-12/h1-3,6-7,13H,4-5,8-11H2,(H2,17,22,23)/t13-/m0/s1. The van der Waals surface area contributed by atoms with Crippen LogP contribution in [0.5, 0.6) is 0 Å². The van der Waals surface area contributed by atoms with E-state index in [1.165, 1.54) is 0 Å². The Kier molecular flexibility index (Phi) is 5.14. The molecule has 0 saturated carbocycles. The molecule has 25 heavy (non-hydrogen) atoms. The summed E-state index contributed by atoms with van der Waals surface area (Å²) in [4.78, 5) is 18.5. The fourth-order valence-electron chi connectivity index (χ4n) is 2.97. The van der Waals surface area contributed by atoms with E-state index >= 15 is 0 Å². The Balaban J connectivity index is 1.67. The van der Waals surface area contributed by atoms with Gasteiger partial charge in [0.1, 0.15) is 6.04 Å². The van der Waals surface area contributed by atoms with Crippen molar-refractivity contribution >= 4 is 15.9 Å². The molecule has 3 rings (SSSR count). The van der Waals surface area contributed by atoms with Crippen molar-refractivity contribution in [2.45, 2.75) is 31.7 Å². The summed E-state index contributed by atoms with van der Waals surface area (Å²) in [5, 5.41) is 8.96. The highest BCUT2D eigenvalue weighted by molar-refractivity contribution is 7.89. The van der Waals surface area contributed by atoms with Gasteiger partial charge in [0.05, 0.1) is 5.75 Å². The number of carbonyl (C=O) groups is 1. The number of primary sulfonamides is 1. The topological polar surface area (TPSA) is 119 Å². The number of hydrogen-bond acceptors (Lipinski definition) is 6. The molecule has 2 N–H and O–H groups in total. The largest absolute Gasteiger partial charge is 0.337 e. The van der Waals surface area contributed by atoms with E-state index in [0.29, 0.717) is 18.3 Å². The number of benzene rings is 1. The van der Waals surface area contributed by atoms with Crippen LogP contribution in [0.15, 0.2) is 34.9 Å². The molecule has 134 valence electrons. The minimum Gasteiger partial charge on any atom is -0.337 e. The van der Waals surface area contributed by atoms with Gasteiger partial charge in [-0.25, -0.2) is 13.6 Å². The Hall–Kier alpha value is -2.26. The number of hydrogen-bond donors (Lipinski definition) is 1.